The molecule has 0 spiro atoms. The van der Waals surface area contributed by atoms with Crippen LogP contribution < -0.4 is 0 Å². The number of rotatable bonds is 9. The predicted molar refractivity (Wildman–Crippen MR) is 82.5 cm³/mol. The first-order valence-electron chi connectivity index (χ1n) is 6.49. The Morgan fingerprint density at radius 2 is 1.95 bits per heavy atom. The number of nitrogens with zero attached hydrogens (tertiary/aromatic N) is 5. The summed E-state index contributed by atoms with van der Waals surface area (Å²) in [5.74, 6) is 0. The van der Waals surface area contributed by atoms with Crippen LogP contribution in [0.15, 0.2) is 9.63 Å². The highest BCUT2D eigenvalue weighted by molar-refractivity contribution is 9.10. The van der Waals surface area contributed by atoms with Crippen molar-refractivity contribution in [3.63, 3.8) is 0 Å². The number of hydrogen-bond donors (Lipinski definition) is 0. The van der Waals surface area contributed by atoms with E-state index in [-0.39, 0.29) is 9.63 Å². The molecule has 10 heteroatoms. The molecule has 0 aliphatic carbocycles. The number of aromatic nitrogens is 3. The minimum absolute atomic E-state index is 0.0588. The third-order valence-electron chi connectivity index (χ3n) is 2.88. The van der Waals surface area contributed by atoms with E-state index in [1.165, 1.54) is 8.99 Å². The van der Waals surface area contributed by atoms with Gasteiger partial charge in [-0.05, 0) is 43.0 Å². The largest absolute Gasteiger partial charge is 0.383 e. The van der Waals surface area contributed by atoms with Crippen LogP contribution in [-0.2, 0) is 21.8 Å². The Morgan fingerprint density at radius 3 is 2.43 bits per heavy atom. The van der Waals surface area contributed by atoms with Crippen molar-refractivity contribution in [3.8, 4) is 0 Å². The summed E-state index contributed by atoms with van der Waals surface area (Å²) in [6, 6.07) is 0. The lowest BCUT2D eigenvalue weighted by Gasteiger charge is -2.22. The summed E-state index contributed by atoms with van der Waals surface area (Å²) in [7, 11) is 3.35. The minimum atomic E-state index is -3.66. The second-order valence-electron chi connectivity index (χ2n) is 4.86. The SMILES string of the molecule is COCCN(CCCN(C)C)S(=O)(=O)c1c(Br)nnn1C. The van der Waals surface area contributed by atoms with Crippen LogP contribution in [0.5, 0.6) is 0 Å². The van der Waals surface area contributed by atoms with Crippen molar-refractivity contribution in [1.29, 1.82) is 0 Å². The third-order valence-corrected chi connectivity index (χ3v) is 5.67. The summed E-state index contributed by atoms with van der Waals surface area (Å²) >= 11 is 3.14. The first kappa shape index (κ1) is 18.5. The van der Waals surface area contributed by atoms with Crippen LogP contribution in [0.25, 0.3) is 0 Å². The van der Waals surface area contributed by atoms with Gasteiger partial charge < -0.3 is 9.64 Å². The molecule has 0 bridgehead atoms. The highest BCUT2D eigenvalue weighted by Crippen LogP contribution is 2.22. The Morgan fingerprint density at radius 1 is 1.29 bits per heavy atom. The average molecular weight is 384 g/mol. The number of methoxy groups -OCH3 is 1. The summed E-state index contributed by atoms with van der Waals surface area (Å²) in [6.45, 7) is 1.86. The molecule has 0 amide bonds. The van der Waals surface area contributed by atoms with E-state index in [0.29, 0.717) is 19.7 Å². The van der Waals surface area contributed by atoms with E-state index in [1.807, 2.05) is 19.0 Å². The molecule has 0 aromatic carbocycles. The summed E-state index contributed by atoms with van der Waals surface area (Å²) in [4.78, 5) is 2.02. The second kappa shape index (κ2) is 8.18. The molecule has 0 unspecified atom stereocenters. The maximum atomic E-state index is 12.7. The van der Waals surface area contributed by atoms with Gasteiger partial charge in [-0.25, -0.2) is 13.1 Å². The van der Waals surface area contributed by atoms with Crippen molar-refractivity contribution in [2.45, 2.75) is 11.4 Å². The molecular weight excluding hydrogens is 362 g/mol. The summed E-state index contributed by atoms with van der Waals surface area (Å²) < 4.78 is 33.4. The molecule has 122 valence electrons. The van der Waals surface area contributed by atoms with Crippen molar-refractivity contribution < 1.29 is 13.2 Å². The number of halogens is 1. The normalized spacial score (nSPS) is 12.5. The number of aryl methyl sites for hydroxylation is 1. The van der Waals surface area contributed by atoms with E-state index in [2.05, 4.69) is 26.2 Å². The fourth-order valence-corrected chi connectivity index (χ4v) is 4.32. The smallest absolute Gasteiger partial charge is 0.263 e. The van der Waals surface area contributed by atoms with Crippen molar-refractivity contribution in [2.24, 2.45) is 7.05 Å². The zero-order valence-corrected chi connectivity index (χ0v) is 15.2. The molecule has 0 fully saturated rings. The van der Waals surface area contributed by atoms with Crippen LogP contribution in [0.3, 0.4) is 0 Å². The maximum absolute atomic E-state index is 12.7. The Bertz CT molecular complexity index is 527. The van der Waals surface area contributed by atoms with Gasteiger partial charge in [-0.1, -0.05) is 5.21 Å². The molecule has 1 rings (SSSR count). The Kier molecular flexibility index (Phi) is 7.21. The van der Waals surface area contributed by atoms with Crippen LogP contribution >= 0.6 is 15.9 Å². The minimum Gasteiger partial charge on any atom is -0.383 e. The molecular formula is C11H22BrN5O3S. The van der Waals surface area contributed by atoms with E-state index in [4.69, 9.17) is 4.74 Å². The van der Waals surface area contributed by atoms with E-state index >= 15 is 0 Å². The fourth-order valence-electron chi connectivity index (χ4n) is 1.83. The Labute approximate surface area is 134 Å². The van der Waals surface area contributed by atoms with Gasteiger partial charge in [0.25, 0.3) is 10.0 Å². The first-order valence-corrected chi connectivity index (χ1v) is 8.73. The number of ether oxygens (including phenoxy) is 1. The molecule has 1 aromatic rings. The highest BCUT2D eigenvalue weighted by Gasteiger charge is 2.30. The van der Waals surface area contributed by atoms with Gasteiger partial charge in [0.1, 0.15) is 0 Å². The number of hydrogen-bond acceptors (Lipinski definition) is 6. The topological polar surface area (TPSA) is 80.6 Å². The molecule has 21 heavy (non-hydrogen) atoms. The van der Waals surface area contributed by atoms with E-state index in [1.54, 1.807) is 14.2 Å². The molecule has 0 radical (unpaired) electrons. The Balaban J connectivity index is 2.95. The lowest BCUT2D eigenvalue weighted by Crippen LogP contribution is -2.37. The average Bonchev–Trinajstić information content (AvgIpc) is 2.73. The summed E-state index contributed by atoms with van der Waals surface area (Å²) in [5.41, 5.74) is 0. The second-order valence-corrected chi connectivity index (χ2v) is 7.47. The zero-order chi connectivity index (χ0) is 16.0. The standard InChI is InChI=1S/C11H22BrN5O3S/c1-15(2)6-5-7-17(8-9-20-4)21(18,19)11-10(12)13-14-16(11)3/h5-9H2,1-4H3. The van der Waals surface area contributed by atoms with Gasteiger partial charge in [-0.15, -0.1) is 5.10 Å². The molecule has 0 saturated carbocycles. The van der Waals surface area contributed by atoms with Crippen LogP contribution in [0.4, 0.5) is 0 Å². The third kappa shape index (κ3) is 4.99. The van der Waals surface area contributed by atoms with Crippen LogP contribution in [0.2, 0.25) is 0 Å². The van der Waals surface area contributed by atoms with Gasteiger partial charge in [-0.2, -0.15) is 4.31 Å². The maximum Gasteiger partial charge on any atom is 0.263 e. The molecule has 0 atom stereocenters. The van der Waals surface area contributed by atoms with Crippen LogP contribution in [0.1, 0.15) is 6.42 Å². The molecule has 0 aliphatic rings. The van der Waals surface area contributed by atoms with Crippen molar-refractivity contribution in [2.75, 3.05) is 47.4 Å². The molecule has 8 nitrogen and oxygen atoms in total. The lowest BCUT2D eigenvalue weighted by atomic mass is 10.4. The highest BCUT2D eigenvalue weighted by atomic mass is 79.9. The van der Waals surface area contributed by atoms with E-state index in [0.717, 1.165) is 13.0 Å². The van der Waals surface area contributed by atoms with Crippen LogP contribution in [-0.4, -0.2) is 80.1 Å². The van der Waals surface area contributed by atoms with Gasteiger partial charge in [-0.3, -0.25) is 0 Å². The van der Waals surface area contributed by atoms with Gasteiger partial charge in [0, 0.05) is 27.2 Å². The van der Waals surface area contributed by atoms with Gasteiger partial charge >= 0.3 is 0 Å². The molecule has 0 N–H and O–H groups in total. The first-order chi connectivity index (χ1) is 9.80. The fraction of sp³-hybridized carbons (Fsp3) is 0.818. The van der Waals surface area contributed by atoms with E-state index in [9.17, 15) is 8.42 Å². The van der Waals surface area contributed by atoms with E-state index < -0.39 is 10.0 Å². The quantitative estimate of drug-likeness (QED) is 0.604. The summed E-state index contributed by atoms with van der Waals surface area (Å²) in [5, 5.41) is 7.52. The lowest BCUT2D eigenvalue weighted by molar-refractivity contribution is 0.177. The van der Waals surface area contributed by atoms with Gasteiger partial charge in [0.05, 0.1) is 6.61 Å². The monoisotopic (exact) mass is 383 g/mol. The summed E-state index contributed by atoms with van der Waals surface area (Å²) in [6.07, 6.45) is 0.735. The van der Waals surface area contributed by atoms with Crippen molar-refractivity contribution >= 4 is 26.0 Å². The van der Waals surface area contributed by atoms with Crippen molar-refractivity contribution in [3.05, 3.63) is 4.60 Å². The van der Waals surface area contributed by atoms with Crippen molar-refractivity contribution in [1.82, 2.24) is 24.2 Å². The Hall–Kier alpha value is -0.550. The number of sulfonamides is 1. The molecule has 1 heterocycles. The van der Waals surface area contributed by atoms with Crippen LogP contribution in [0, 0.1) is 0 Å². The predicted octanol–water partition coefficient (Wildman–Crippen LogP) is 0.166. The van der Waals surface area contributed by atoms with Gasteiger partial charge in [0.2, 0.25) is 5.03 Å². The molecule has 1 aromatic heterocycles. The zero-order valence-electron chi connectivity index (χ0n) is 12.8. The molecule has 0 saturated heterocycles. The molecule has 0 aliphatic heterocycles. The van der Waals surface area contributed by atoms with Gasteiger partial charge in [0.15, 0.2) is 4.60 Å².